The van der Waals surface area contributed by atoms with E-state index in [-0.39, 0.29) is 0 Å². The Bertz CT molecular complexity index is 1110. The van der Waals surface area contributed by atoms with Gasteiger partial charge in [0.05, 0.1) is 0 Å². The van der Waals surface area contributed by atoms with Gasteiger partial charge >= 0.3 is 191 Å². The van der Waals surface area contributed by atoms with Crippen molar-refractivity contribution in [2.24, 2.45) is 0 Å². The van der Waals surface area contributed by atoms with E-state index >= 15 is 0 Å². The molecule has 0 unspecified atom stereocenters. The molecule has 0 fully saturated rings. The minimum atomic E-state index is -0.861. The molecule has 0 bridgehead atoms. The number of aromatic nitrogens is 2. The van der Waals surface area contributed by atoms with E-state index in [9.17, 15) is 0 Å². The van der Waals surface area contributed by atoms with Crippen molar-refractivity contribution < 1.29 is 15.6 Å². The first-order chi connectivity index (χ1) is 18.1. The average Bonchev–Trinajstić information content (AvgIpc) is 3.16. The molecule has 3 rings (SSSR count). The van der Waals surface area contributed by atoms with Crippen LogP contribution in [0.2, 0.25) is 39.3 Å². The summed E-state index contributed by atoms with van der Waals surface area (Å²) in [6.07, 6.45) is 4.41. The predicted octanol–water partition coefficient (Wildman–Crippen LogP) is 11.2. The van der Waals surface area contributed by atoms with Gasteiger partial charge in [-0.1, -0.05) is 39.3 Å². The molecule has 1 aromatic heterocycles. The van der Waals surface area contributed by atoms with E-state index in [0.717, 1.165) is 4.32 Å². The first-order valence-corrected chi connectivity index (χ1v) is 22.9. The van der Waals surface area contributed by atoms with Crippen molar-refractivity contribution >= 4 is 16.1 Å². The van der Waals surface area contributed by atoms with E-state index in [1.54, 1.807) is 0 Å². The zero-order valence-electron chi connectivity index (χ0n) is 28.1. The Morgan fingerprint density at radius 1 is 0.525 bits per heavy atom. The molecular weight excluding hydrogens is 560 g/mol. The first kappa shape index (κ1) is 36.6. The fourth-order valence-electron chi connectivity index (χ4n) is 4.29. The van der Waals surface area contributed by atoms with Crippen LogP contribution in [0.4, 0.5) is 0 Å². The normalized spacial score (nSPS) is 12.0. The van der Waals surface area contributed by atoms with Crippen LogP contribution in [0, 0.1) is 17.4 Å². The summed E-state index contributed by atoms with van der Waals surface area (Å²) in [6.45, 7) is 39.3. The minimum Gasteiger partial charge on any atom is -0.342 e. The zero-order chi connectivity index (χ0) is 31.2. The van der Waals surface area contributed by atoms with E-state index in [2.05, 4.69) is 181 Å². The zero-order valence-corrected chi connectivity index (χ0v) is 31.3. The van der Waals surface area contributed by atoms with Crippen molar-refractivity contribution in [2.45, 2.75) is 118 Å². The Morgan fingerprint density at radius 2 is 0.725 bits per heavy atom. The van der Waals surface area contributed by atoms with Crippen molar-refractivity contribution in [1.29, 1.82) is 0 Å². The number of benzene rings is 2. The average molecular weight is 618 g/mol. The maximum atomic E-state index is 3.98. The van der Waals surface area contributed by atoms with Gasteiger partial charge in [-0.15, -0.1) is 16.1 Å². The maximum Gasteiger partial charge on any atom is -0.0951 e. The summed E-state index contributed by atoms with van der Waals surface area (Å²) in [6, 6.07) is 13.5. The van der Waals surface area contributed by atoms with Crippen molar-refractivity contribution in [2.75, 3.05) is 0 Å². The predicted molar refractivity (Wildman–Crippen MR) is 182 cm³/mol. The summed E-state index contributed by atoms with van der Waals surface area (Å²) in [4.78, 5) is 0. The van der Waals surface area contributed by atoms with Gasteiger partial charge in [0.15, 0.2) is 0 Å². The molecule has 0 saturated heterocycles. The largest absolute Gasteiger partial charge is 0.342 e. The molecule has 0 aliphatic rings. The molecule has 225 valence electrons. The van der Waals surface area contributed by atoms with Gasteiger partial charge in [-0.25, -0.2) is 0 Å². The Kier molecular flexibility index (Phi) is 13.9. The Morgan fingerprint density at radius 3 is 0.900 bits per heavy atom. The van der Waals surface area contributed by atoms with Crippen LogP contribution in [0.3, 0.4) is 0 Å². The number of imidazole rings is 1. The summed E-state index contributed by atoms with van der Waals surface area (Å²) < 4.78 is 5.71. The van der Waals surface area contributed by atoms with Gasteiger partial charge in [-0.3, -0.25) is 0 Å². The molecule has 5 heteroatoms. The second-order valence-corrected chi connectivity index (χ2v) is 25.4. The molecule has 0 amide bonds. The first-order valence-electron chi connectivity index (χ1n) is 14.9. The van der Waals surface area contributed by atoms with E-state index in [1.807, 2.05) is 0 Å². The van der Waals surface area contributed by atoms with E-state index in [4.69, 9.17) is 0 Å². The number of hydrogen-bond donors (Lipinski definition) is 0. The molecule has 0 saturated carbocycles. The van der Waals surface area contributed by atoms with Gasteiger partial charge in [-0.05, 0) is 0 Å². The second-order valence-electron chi connectivity index (χ2n) is 14.6. The quantitative estimate of drug-likeness (QED) is 0.192. The Labute approximate surface area is 258 Å². The van der Waals surface area contributed by atoms with Crippen molar-refractivity contribution in [3.05, 3.63) is 88.5 Å². The third-order valence-corrected chi connectivity index (χ3v) is 6.50. The molecule has 40 heavy (non-hydrogen) atoms. The number of hydrogen-bond acceptors (Lipinski definition) is 0. The van der Waals surface area contributed by atoms with Gasteiger partial charge in [0, 0.05) is 0 Å². The summed E-state index contributed by atoms with van der Waals surface area (Å²) in [5.41, 5.74) is 8.14. The Hall–Kier alpha value is -1.40. The standard InChI is InChI=1S/C27H36N2.2C4H11Si.Mn/c1-18(2)22-11-9-12-23(19(3)4)26(22)28-15-16-29(17-28)27-24(20(5)6)13-10-14-25(27)21(7)8;2*1-5(2,3)4;/h9-16,18-21H,1-8H3;2*1H2,2-4H3;/q;2*-1;. The van der Waals surface area contributed by atoms with Crippen LogP contribution in [0.5, 0.6) is 0 Å². The van der Waals surface area contributed by atoms with Gasteiger partial charge in [0.1, 0.15) is 0 Å². The number of nitrogens with zero attached hydrogens (tertiary/aromatic N) is 2. The summed E-state index contributed by atoms with van der Waals surface area (Å²) >= 11 is 3.98. The van der Waals surface area contributed by atoms with Crippen molar-refractivity contribution in [3.8, 4) is 11.4 Å². The van der Waals surface area contributed by atoms with Crippen LogP contribution < -0.4 is 0 Å². The number of rotatable bonds is 6. The van der Waals surface area contributed by atoms with E-state index < -0.39 is 16.1 Å². The maximum absolute atomic E-state index is 3.98. The van der Waals surface area contributed by atoms with E-state index in [1.165, 1.54) is 33.6 Å². The van der Waals surface area contributed by atoms with Crippen molar-refractivity contribution in [1.82, 2.24) is 9.13 Å². The second kappa shape index (κ2) is 15.2. The molecule has 0 atom stereocenters. The topological polar surface area (TPSA) is 9.86 Å². The summed E-state index contributed by atoms with van der Waals surface area (Å²) in [7, 11) is -1.72. The molecule has 1 heterocycles. The van der Waals surface area contributed by atoms with Crippen LogP contribution in [0.1, 0.15) is 101 Å². The molecule has 3 aromatic rings. The minimum absolute atomic E-state index is 0.454. The van der Waals surface area contributed by atoms with Gasteiger partial charge in [0.2, 0.25) is 0 Å². The van der Waals surface area contributed by atoms with Crippen LogP contribution in [-0.2, 0) is 15.6 Å². The smallest absolute Gasteiger partial charge is 0.0951 e. The number of para-hydroxylation sites is 2. The van der Waals surface area contributed by atoms with E-state index in [0.29, 0.717) is 23.7 Å². The fraction of sp³-hybridized carbons (Fsp3) is 0.514. The molecule has 0 N–H and O–H groups in total. The third kappa shape index (κ3) is 11.5. The van der Waals surface area contributed by atoms with Gasteiger partial charge < -0.3 is 13.1 Å². The molecule has 2 aromatic carbocycles. The van der Waals surface area contributed by atoms with Crippen molar-refractivity contribution in [3.63, 3.8) is 0 Å². The molecule has 0 spiro atoms. The monoisotopic (exact) mass is 617 g/mol. The third-order valence-electron chi connectivity index (χ3n) is 5.93. The summed E-state index contributed by atoms with van der Waals surface area (Å²) in [5.74, 6) is 1.82. The Balaban J connectivity index is 0.000000686. The summed E-state index contributed by atoms with van der Waals surface area (Å²) in [5, 5.41) is 0. The molecule has 2 nitrogen and oxygen atoms in total. The molecule has 0 aliphatic heterocycles. The van der Waals surface area contributed by atoms with Gasteiger partial charge in [-0.2, -0.15) is 0 Å². The van der Waals surface area contributed by atoms with Crippen LogP contribution >= 0.6 is 0 Å². The van der Waals surface area contributed by atoms with Crippen LogP contribution in [0.25, 0.3) is 11.4 Å². The van der Waals surface area contributed by atoms with Crippen LogP contribution in [-0.4, -0.2) is 25.3 Å². The molecule has 0 aliphatic carbocycles. The SMILES string of the molecule is CC(C)c1cccc(C(C)C)c1-n1ccn(-c2c(C(C)C)cccc2C(C)C)[c]1=[Mn].[CH2-][Si](C)(C)C.[CH2-][Si](C)(C)C. The molecule has 0 radical (unpaired) electrons. The fourth-order valence-corrected chi connectivity index (χ4v) is 4.73. The van der Waals surface area contributed by atoms with Gasteiger partial charge in [0.25, 0.3) is 0 Å². The van der Waals surface area contributed by atoms with Crippen LogP contribution in [0.15, 0.2) is 48.8 Å². The molecular formula is C35H58MnN2Si2-2.